The fourth-order valence-corrected chi connectivity index (χ4v) is 0.754. The Morgan fingerprint density at radius 2 is 1.58 bits per heavy atom. The average Bonchev–Trinajstić information content (AvgIpc) is 2.06. The molecule has 0 saturated carbocycles. The van der Waals surface area contributed by atoms with E-state index in [2.05, 4.69) is 6.58 Å². The van der Waals surface area contributed by atoms with Crippen LogP contribution in [-0.2, 0) is 0 Å². The highest BCUT2D eigenvalue weighted by molar-refractivity contribution is 4.65. The first-order valence-corrected chi connectivity index (χ1v) is 4.66. The number of aliphatic hydroxyl groups is 2. The predicted molar refractivity (Wildman–Crippen MR) is 53.1 cm³/mol. The molecule has 0 spiro atoms. The third-order valence-electron chi connectivity index (χ3n) is 1.32. The van der Waals surface area contributed by atoms with Gasteiger partial charge in [0.15, 0.2) is 0 Å². The van der Waals surface area contributed by atoms with E-state index in [9.17, 15) is 0 Å². The number of aliphatic hydroxyl groups excluding tert-OH is 2. The summed E-state index contributed by atoms with van der Waals surface area (Å²) in [7, 11) is 0. The van der Waals surface area contributed by atoms with Gasteiger partial charge in [0.25, 0.3) is 0 Å². The largest absolute Gasteiger partial charge is 0.397 e. The molecule has 2 heteroatoms. The maximum atomic E-state index is 8.40. The molecule has 74 valence electrons. The Bertz CT molecular complexity index is 72.2. The highest BCUT2D eigenvalue weighted by Gasteiger charge is 1.85. The first-order chi connectivity index (χ1) is 5.83. The minimum absolute atomic E-state index is 0.250. The van der Waals surface area contributed by atoms with Gasteiger partial charge in [-0.1, -0.05) is 18.9 Å². The van der Waals surface area contributed by atoms with Crippen LogP contribution < -0.4 is 0 Å². The average molecular weight is 174 g/mol. The smallest absolute Gasteiger partial charge is 0.0431 e. The summed E-state index contributed by atoms with van der Waals surface area (Å²) in [4.78, 5) is 0. The monoisotopic (exact) mass is 174 g/mol. The molecule has 0 bridgehead atoms. The molecule has 0 aliphatic carbocycles. The number of unbranched alkanes of at least 4 members (excludes halogenated alkanes) is 4. The molecule has 0 aliphatic rings. The zero-order valence-electron chi connectivity index (χ0n) is 8.13. The Kier molecular flexibility index (Phi) is 20.1. The lowest BCUT2D eigenvalue weighted by atomic mass is 10.1. The lowest BCUT2D eigenvalue weighted by Crippen LogP contribution is -1.82. The van der Waals surface area contributed by atoms with Crippen molar-refractivity contribution in [1.82, 2.24) is 0 Å². The summed E-state index contributed by atoms with van der Waals surface area (Å²) in [5, 5.41) is 16.0. The molecule has 0 rings (SSSR count). The normalized spacial score (nSPS) is 8.58. The van der Waals surface area contributed by atoms with E-state index in [0.717, 1.165) is 19.3 Å². The number of rotatable bonds is 6. The van der Waals surface area contributed by atoms with E-state index >= 15 is 0 Å². The number of allylic oxidation sites excluding steroid dienone is 1. The van der Waals surface area contributed by atoms with Crippen LogP contribution in [0, 0.1) is 0 Å². The SMILES string of the molecule is C=CCCCCCCO.CCO. The van der Waals surface area contributed by atoms with Crippen LogP contribution in [0.1, 0.15) is 39.0 Å². The summed E-state index contributed by atoms with van der Waals surface area (Å²) in [6, 6.07) is 0. The Hall–Kier alpha value is -0.340. The highest BCUT2D eigenvalue weighted by Crippen LogP contribution is 2.01. The highest BCUT2D eigenvalue weighted by atomic mass is 16.3. The van der Waals surface area contributed by atoms with Gasteiger partial charge in [-0.2, -0.15) is 0 Å². The van der Waals surface area contributed by atoms with E-state index in [0.29, 0.717) is 6.61 Å². The second-order valence-electron chi connectivity index (χ2n) is 2.53. The lowest BCUT2D eigenvalue weighted by molar-refractivity contribution is 0.282. The van der Waals surface area contributed by atoms with Crippen LogP contribution in [0.25, 0.3) is 0 Å². The maximum absolute atomic E-state index is 8.40. The molecule has 0 amide bonds. The van der Waals surface area contributed by atoms with E-state index in [4.69, 9.17) is 10.2 Å². The van der Waals surface area contributed by atoms with Crippen LogP contribution in [0.2, 0.25) is 0 Å². The number of hydrogen-bond donors (Lipinski definition) is 2. The fourth-order valence-electron chi connectivity index (χ4n) is 0.754. The standard InChI is InChI=1S/C8H16O.C2H6O/c1-2-3-4-5-6-7-8-9;1-2-3/h2,9H,1,3-8H2;3H,2H2,1H3. The number of hydrogen-bond acceptors (Lipinski definition) is 2. The van der Waals surface area contributed by atoms with Crippen molar-refractivity contribution in [3.05, 3.63) is 12.7 Å². The second kappa shape index (κ2) is 17.0. The second-order valence-corrected chi connectivity index (χ2v) is 2.53. The van der Waals surface area contributed by atoms with Gasteiger partial charge in [0.05, 0.1) is 0 Å². The summed E-state index contributed by atoms with van der Waals surface area (Å²) < 4.78 is 0. The Morgan fingerprint density at radius 3 is 2.00 bits per heavy atom. The maximum Gasteiger partial charge on any atom is 0.0431 e. The topological polar surface area (TPSA) is 40.5 Å². The van der Waals surface area contributed by atoms with Gasteiger partial charge >= 0.3 is 0 Å². The summed E-state index contributed by atoms with van der Waals surface area (Å²) in [6.45, 7) is 5.90. The summed E-state index contributed by atoms with van der Waals surface area (Å²) in [5.41, 5.74) is 0. The minimum Gasteiger partial charge on any atom is -0.397 e. The zero-order chi connectivity index (χ0) is 9.66. The third-order valence-corrected chi connectivity index (χ3v) is 1.32. The summed E-state index contributed by atoms with van der Waals surface area (Å²) >= 11 is 0. The van der Waals surface area contributed by atoms with Gasteiger partial charge in [0, 0.05) is 13.2 Å². The van der Waals surface area contributed by atoms with Crippen molar-refractivity contribution >= 4 is 0 Å². The van der Waals surface area contributed by atoms with Gasteiger partial charge < -0.3 is 10.2 Å². The van der Waals surface area contributed by atoms with Gasteiger partial charge in [0.2, 0.25) is 0 Å². The molecular weight excluding hydrogens is 152 g/mol. The molecule has 0 radical (unpaired) electrons. The zero-order valence-corrected chi connectivity index (χ0v) is 8.13. The first kappa shape index (κ1) is 14.2. The van der Waals surface area contributed by atoms with Crippen molar-refractivity contribution in [3.63, 3.8) is 0 Å². The molecule has 0 aliphatic heterocycles. The van der Waals surface area contributed by atoms with Gasteiger partial charge in [0.1, 0.15) is 0 Å². The van der Waals surface area contributed by atoms with E-state index in [1.165, 1.54) is 12.8 Å². The van der Waals surface area contributed by atoms with Crippen molar-refractivity contribution in [2.75, 3.05) is 13.2 Å². The van der Waals surface area contributed by atoms with Crippen LogP contribution in [-0.4, -0.2) is 23.4 Å². The van der Waals surface area contributed by atoms with Crippen molar-refractivity contribution in [2.24, 2.45) is 0 Å². The summed E-state index contributed by atoms with van der Waals surface area (Å²) in [5.74, 6) is 0. The molecule has 0 fully saturated rings. The van der Waals surface area contributed by atoms with Gasteiger partial charge in [-0.25, -0.2) is 0 Å². The molecule has 0 unspecified atom stereocenters. The van der Waals surface area contributed by atoms with E-state index in [1.807, 2.05) is 6.08 Å². The summed E-state index contributed by atoms with van der Waals surface area (Å²) in [6.07, 6.45) is 7.63. The molecule has 0 aromatic carbocycles. The quantitative estimate of drug-likeness (QED) is 0.478. The Morgan fingerprint density at radius 1 is 1.08 bits per heavy atom. The van der Waals surface area contributed by atoms with Gasteiger partial charge in [-0.05, 0) is 26.2 Å². The van der Waals surface area contributed by atoms with Crippen molar-refractivity contribution in [1.29, 1.82) is 0 Å². The molecule has 0 atom stereocenters. The van der Waals surface area contributed by atoms with E-state index < -0.39 is 0 Å². The molecule has 2 nitrogen and oxygen atoms in total. The molecule has 2 N–H and O–H groups in total. The molecule has 12 heavy (non-hydrogen) atoms. The fraction of sp³-hybridized carbons (Fsp3) is 0.800. The molecule has 0 saturated heterocycles. The molecule has 0 aromatic rings. The minimum atomic E-state index is 0.250. The van der Waals surface area contributed by atoms with Crippen molar-refractivity contribution in [2.45, 2.75) is 39.0 Å². The Labute approximate surface area is 75.9 Å². The van der Waals surface area contributed by atoms with Crippen LogP contribution in [0.3, 0.4) is 0 Å². The van der Waals surface area contributed by atoms with Crippen LogP contribution in [0.4, 0.5) is 0 Å². The molecule has 0 aromatic heterocycles. The van der Waals surface area contributed by atoms with Crippen molar-refractivity contribution in [3.8, 4) is 0 Å². The van der Waals surface area contributed by atoms with Gasteiger partial charge in [-0.3, -0.25) is 0 Å². The van der Waals surface area contributed by atoms with E-state index in [1.54, 1.807) is 6.92 Å². The van der Waals surface area contributed by atoms with Gasteiger partial charge in [-0.15, -0.1) is 6.58 Å². The first-order valence-electron chi connectivity index (χ1n) is 4.66. The predicted octanol–water partition coefficient (Wildman–Crippen LogP) is 2.11. The van der Waals surface area contributed by atoms with Crippen molar-refractivity contribution < 1.29 is 10.2 Å². The third kappa shape index (κ3) is 22.6. The molecule has 0 heterocycles. The molecular formula is C10H22O2. The van der Waals surface area contributed by atoms with Crippen LogP contribution in [0.15, 0.2) is 12.7 Å². The lowest BCUT2D eigenvalue weighted by Gasteiger charge is -1.94. The Balaban J connectivity index is 0. The van der Waals surface area contributed by atoms with Crippen LogP contribution >= 0.6 is 0 Å². The van der Waals surface area contributed by atoms with E-state index in [-0.39, 0.29) is 6.61 Å². The van der Waals surface area contributed by atoms with Crippen LogP contribution in [0.5, 0.6) is 0 Å².